The highest BCUT2D eigenvalue weighted by atomic mass is 16.6. The van der Waals surface area contributed by atoms with Gasteiger partial charge < -0.3 is 42.2 Å². The van der Waals surface area contributed by atoms with Crippen molar-refractivity contribution in [2.24, 2.45) is 23.5 Å². The molecule has 1 rings (SSSR count). The van der Waals surface area contributed by atoms with Crippen LogP contribution in [0, 0.1) is 17.8 Å². The predicted octanol–water partition coefficient (Wildman–Crippen LogP) is 3.02. The van der Waals surface area contributed by atoms with Gasteiger partial charge in [0.1, 0.15) is 29.8 Å². The van der Waals surface area contributed by atoms with E-state index in [1.807, 2.05) is 51.1 Å². The molecule has 1 aromatic carbocycles. The third-order valence-electron chi connectivity index (χ3n) is 8.36. The molecule has 0 saturated heterocycles. The number of ether oxygens (including phenoxy) is 1. The van der Waals surface area contributed by atoms with E-state index in [0.29, 0.717) is 12.8 Å². The number of carbonyl (C=O) groups is 6. The maximum absolute atomic E-state index is 13.7. The maximum atomic E-state index is 13.7. The summed E-state index contributed by atoms with van der Waals surface area (Å²) >= 11 is 0. The minimum atomic E-state index is -1.18. The summed E-state index contributed by atoms with van der Waals surface area (Å²) in [6.45, 7) is 17.7. The van der Waals surface area contributed by atoms with Crippen molar-refractivity contribution in [1.29, 1.82) is 0 Å². The molecule has 0 aliphatic rings. The fourth-order valence-corrected chi connectivity index (χ4v) is 5.29. The van der Waals surface area contributed by atoms with E-state index in [1.165, 1.54) is 0 Å². The second kappa shape index (κ2) is 21.2. The van der Waals surface area contributed by atoms with Crippen LogP contribution < -0.4 is 32.3 Å². The van der Waals surface area contributed by atoms with Crippen molar-refractivity contribution in [2.45, 2.75) is 143 Å². The number of carboxylic acid groups (broad SMARTS) is 1. The highest BCUT2D eigenvalue weighted by molar-refractivity contribution is 5.92. The van der Waals surface area contributed by atoms with Crippen LogP contribution in [0.3, 0.4) is 0 Å². The Morgan fingerprint density at radius 3 is 1.84 bits per heavy atom. The number of nitrogens with two attached hydrogens (primary N) is 1. The van der Waals surface area contributed by atoms with Crippen molar-refractivity contribution in [3.63, 3.8) is 0 Å². The molecule has 0 aromatic heterocycles. The lowest BCUT2D eigenvalue weighted by molar-refractivity contribution is -0.143. The van der Waals surface area contributed by atoms with Gasteiger partial charge in [0.2, 0.25) is 23.6 Å². The molecule has 288 valence electrons. The van der Waals surface area contributed by atoms with E-state index < -0.39 is 77.5 Å². The van der Waals surface area contributed by atoms with E-state index in [4.69, 9.17) is 10.5 Å². The van der Waals surface area contributed by atoms with Gasteiger partial charge in [-0.25, -0.2) is 9.59 Å². The van der Waals surface area contributed by atoms with Crippen molar-refractivity contribution in [1.82, 2.24) is 26.6 Å². The molecule has 0 radical (unpaired) electrons. The first kappa shape index (κ1) is 44.8. The summed E-state index contributed by atoms with van der Waals surface area (Å²) in [5, 5.41) is 23.1. The van der Waals surface area contributed by atoms with Crippen LogP contribution in [0.15, 0.2) is 30.3 Å². The first-order chi connectivity index (χ1) is 23.7. The lowest BCUT2D eigenvalue weighted by Crippen LogP contribution is -2.59. The number of carbonyl (C=O) groups excluding carboxylic acids is 5. The summed E-state index contributed by atoms with van der Waals surface area (Å²) in [5.74, 6) is -4.05. The lowest BCUT2D eigenvalue weighted by atomic mass is 9.94. The summed E-state index contributed by atoms with van der Waals surface area (Å²) < 4.78 is 5.34. The van der Waals surface area contributed by atoms with Gasteiger partial charge in [0.15, 0.2) is 0 Å². The molecule has 5 amide bonds. The van der Waals surface area contributed by atoms with Crippen LogP contribution in [0.2, 0.25) is 0 Å². The summed E-state index contributed by atoms with van der Waals surface area (Å²) in [4.78, 5) is 77.8. The highest BCUT2D eigenvalue weighted by Gasteiger charge is 2.34. The Kier molecular flexibility index (Phi) is 18.7. The van der Waals surface area contributed by atoms with Crippen LogP contribution in [-0.2, 0) is 35.1 Å². The van der Waals surface area contributed by atoms with Crippen molar-refractivity contribution >= 4 is 35.7 Å². The molecule has 51 heavy (non-hydrogen) atoms. The van der Waals surface area contributed by atoms with E-state index in [9.17, 15) is 33.9 Å². The van der Waals surface area contributed by atoms with Gasteiger partial charge in [-0.2, -0.15) is 0 Å². The first-order valence-electron chi connectivity index (χ1n) is 17.9. The summed E-state index contributed by atoms with van der Waals surface area (Å²) in [6.07, 6.45) is 0.333. The molecule has 7 atom stereocenters. The Morgan fingerprint density at radius 2 is 1.35 bits per heavy atom. The summed E-state index contributed by atoms with van der Waals surface area (Å²) in [5.41, 5.74) is 6.66. The third kappa shape index (κ3) is 16.6. The molecule has 0 unspecified atom stereocenters. The van der Waals surface area contributed by atoms with Gasteiger partial charge in [-0.1, -0.05) is 85.2 Å². The molecule has 0 aliphatic heterocycles. The number of carboxylic acids is 1. The predicted molar refractivity (Wildman–Crippen MR) is 195 cm³/mol. The number of amides is 5. The number of hydrogen-bond donors (Lipinski definition) is 7. The fourth-order valence-electron chi connectivity index (χ4n) is 5.29. The molecule has 0 heterocycles. The average Bonchev–Trinajstić information content (AvgIpc) is 3.02. The molecule has 1 aromatic rings. The minimum absolute atomic E-state index is 0.0452. The summed E-state index contributed by atoms with van der Waals surface area (Å²) in [7, 11) is 0. The Labute approximate surface area is 303 Å². The van der Waals surface area contributed by atoms with E-state index in [2.05, 4.69) is 26.6 Å². The molecular weight excluding hydrogens is 656 g/mol. The minimum Gasteiger partial charge on any atom is -0.480 e. The number of nitrogens with one attached hydrogen (secondary N) is 5. The van der Waals surface area contributed by atoms with Gasteiger partial charge in [0.25, 0.3) is 0 Å². The Morgan fingerprint density at radius 1 is 0.765 bits per heavy atom. The standard InChI is InChI=1S/C37H62N6O8/c1-11-23(7)31(34(47)43-30(22(5)6)35(48)49)42-29(44)20-25(38)27(19-24-16-14-13-15-17-24)40-32(45)26(12-2)39-33(46)28(18-21(3)4)41-36(50)51-37(8,9)10/h13-17,21-23,25-28,30-31H,11-12,18-20,38H2,1-10H3,(H,39,46)(H,40,45)(H,41,50)(H,42,44)(H,43,47)(H,48,49)/t23-,25-,26-,27-,28-,30-,31-/m0/s1. The lowest BCUT2D eigenvalue weighted by Gasteiger charge is -2.30. The molecule has 14 nitrogen and oxygen atoms in total. The van der Waals surface area contributed by atoms with Crippen LogP contribution in [-0.4, -0.2) is 82.6 Å². The van der Waals surface area contributed by atoms with Gasteiger partial charge >= 0.3 is 12.1 Å². The monoisotopic (exact) mass is 718 g/mol. The normalized spacial score (nSPS) is 15.7. The van der Waals surface area contributed by atoms with Gasteiger partial charge in [-0.05, 0) is 63.4 Å². The zero-order valence-corrected chi connectivity index (χ0v) is 32.0. The zero-order chi connectivity index (χ0) is 39.1. The fraction of sp³-hybridized carbons (Fsp3) is 0.676. The Hall–Kier alpha value is -4.20. The first-order valence-corrected chi connectivity index (χ1v) is 17.9. The van der Waals surface area contributed by atoms with Crippen LogP contribution in [0.5, 0.6) is 0 Å². The summed E-state index contributed by atoms with van der Waals surface area (Å²) in [6, 6.07) is 3.52. The number of hydrogen-bond acceptors (Lipinski definition) is 8. The van der Waals surface area contributed by atoms with Crippen molar-refractivity contribution in [2.75, 3.05) is 0 Å². The van der Waals surface area contributed by atoms with E-state index in [1.54, 1.807) is 48.5 Å². The molecule has 0 bridgehead atoms. The number of rotatable bonds is 20. The van der Waals surface area contributed by atoms with E-state index in [-0.39, 0.29) is 37.0 Å². The quantitative estimate of drug-likeness (QED) is 0.105. The second-order valence-electron chi connectivity index (χ2n) is 15.0. The Balaban J connectivity index is 3.18. The molecule has 0 fully saturated rings. The molecule has 0 aliphatic carbocycles. The van der Waals surface area contributed by atoms with Crippen LogP contribution in [0.25, 0.3) is 0 Å². The average molecular weight is 719 g/mol. The smallest absolute Gasteiger partial charge is 0.408 e. The van der Waals surface area contributed by atoms with Gasteiger partial charge in [-0.15, -0.1) is 0 Å². The van der Waals surface area contributed by atoms with E-state index >= 15 is 0 Å². The molecule has 0 spiro atoms. The van der Waals surface area contributed by atoms with Crippen molar-refractivity contribution < 1.29 is 38.6 Å². The zero-order valence-electron chi connectivity index (χ0n) is 32.0. The molecule has 0 saturated carbocycles. The van der Waals surface area contributed by atoms with Gasteiger partial charge in [-0.3, -0.25) is 19.2 Å². The van der Waals surface area contributed by atoms with Crippen molar-refractivity contribution in [3.05, 3.63) is 35.9 Å². The topological polar surface area (TPSA) is 218 Å². The van der Waals surface area contributed by atoms with Crippen LogP contribution in [0.1, 0.15) is 100 Å². The number of aliphatic carboxylic acids is 1. The van der Waals surface area contributed by atoms with Crippen LogP contribution >= 0.6 is 0 Å². The van der Waals surface area contributed by atoms with Gasteiger partial charge in [0, 0.05) is 18.5 Å². The highest BCUT2D eigenvalue weighted by Crippen LogP contribution is 2.14. The van der Waals surface area contributed by atoms with E-state index in [0.717, 1.165) is 5.56 Å². The van der Waals surface area contributed by atoms with Crippen molar-refractivity contribution in [3.8, 4) is 0 Å². The largest absolute Gasteiger partial charge is 0.480 e. The molecule has 14 heteroatoms. The molecule has 8 N–H and O–H groups in total. The maximum Gasteiger partial charge on any atom is 0.408 e. The third-order valence-corrected chi connectivity index (χ3v) is 8.36. The van der Waals surface area contributed by atoms with Gasteiger partial charge in [0.05, 0.1) is 0 Å². The number of benzene rings is 1. The SMILES string of the molecule is CC[C@H](NC(=O)[C@H](CC(C)C)NC(=O)OC(C)(C)C)C(=O)N[C@@H](Cc1ccccc1)[C@@H](N)CC(=O)N[C@H](C(=O)N[C@H](C(=O)O)C(C)C)[C@@H](C)CC. The second-order valence-corrected chi connectivity index (χ2v) is 15.0. The number of alkyl carbamates (subject to hydrolysis) is 1. The molecular formula is C37H62N6O8. The van der Waals surface area contributed by atoms with Crippen LogP contribution in [0.4, 0.5) is 4.79 Å². The Bertz CT molecular complexity index is 1300.